The molecule has 0 fully saturated rings. The zero-order valence-electron chi connectivity index (χ0n) is 40.6. The Morgan fingerprint density at radius 3 is 1.64 bits per heavy atom. The fourth-order valence-electron chi connectivity index (χ4n) is 11.4. The van der Waals surface area contributed by atoms with Gasteiger partial charge >= 0.3 is 0 Å². The predicted octanol–water partition coefficient (Wildman–Crippen LogP) is 18.2. The van der Waals surface area contributed by atoms with Gasteiger partial charge in [0.1, 0.15) is 22.3 Å². The third-order valence-electron chi connectivity index (χ3n) is 15.0. The van der Waals surface area contributed by atoms with Crippen molar-refractivity contribution in [3.8, 4) is 61.8 Å². The summed E-state index contributed by atoms with van der Waals surface area (Å²) in [6, 6.07) is 81.3. The van der Waals surface area contributed by atoms with Crippen molar-refractivity contribution in [3.05, 3.63) is 260 Å². The number of para-hydroxylation sites is 2. The molecule has 4 aromatic heterocycles. The summed E-state index contributed by atoms with van der Waals surface area (Å²) in [7, 11) is 0. The van der Waals surface area contributed by atoms with Crippen LogP contribution in [0.3, 0.4) is 0 Å². The Bertz CT molecular complexity index is 4530. The Balaban J connectivity index is 0.965. The van der Waals surface area contributed by atoms with Crippen LogP contribution in [0.15, 0.2) is 258 Å². The molecule has 6 heteroatoms. The van der Waals surface area contributed by atoms with E-state index in [1.165, 1.54) is 5.56 Å². The average molecular weight is 961 g/mol. The van der Waals surface area contributed by atoms with Gasteiger partial charge in [-0.1, -0.05) is 200 Å². The van der Waals surface area contributed by atoms with Gasteiger partial charge in [-0.25, -0.2) is 15.0 Å². The minimum absolute atomic E-state index is 0.271. The zero-order chi connectivity index (χ0) is 49.4. The van der Waals surface area contributed by atoms with Gasteiger partial charge < -0.3 is 13.4 Å². The fourth-order valence-corrected chi connectivity index (χ4v) is 11.4. The van der Waals surface area contributed by atoms with E-state index in [1.807, 2.05) is 18.2 Å². The smallest absolute Gasteiger partial charge is 0.164 e. The zero-order valence-corrected chi connectivity index (χ0v) is 40.6. The predicted molar refractivity (Wildman–Crippen MR) is 307 cm³/mol. The molecule has 4 heterocycles. The molecule has 1 atom stereocenters. The highest BCUT2D eigenvalue weighted by atomic mass is 16.3. The van der Waals surface area contributed by atoms with E-state index in [2.05, 4.69) is 235 Å². The normalized spacial score (nSPS) is 13.7. The second kappa shape index (κ2) is 17.4. The molecule has 0 aliphatic heterocycles. The maximum Gasteiger partial charge on any atom is 0.164 e. The number of hydrogen-bond donors (Lipinski definition) is 0. The van der Waals surface area contributed by atoms with Crippen molar-refractivity contribution in [1.82, 2.24) is 19.5 Å². The highest BCUT2D eigenvalue weighted by molar-refractivity contribution is 6.25. The standard InChI is InChI=1S/C69H44N4O2/c1-5-17-43(18-6-1)45-29-33-49(34-30-45)67-70-68(50-35-31-46(32-36-50)44-19-7-2-8-20-44)72-69(71-67)51-39-55(47-21-9-3-10-22-47)65(56(40-51)48-23-11-4-12-24-48)73-59-27-15-13-26-54(59)64-60(73)38-37-53-58-41-57-52-25-14-16-28-61(52)74-62(57)42-63(58)75-66(53)64/h1-31,33-42,46H,32H2. The van der Waals surface area contributed by atoms with Crippen molar-refractivity contribution in [1.29, 1.82) is 0 Å². The molecule has 6 nitrogen and oxygen atoms in total. The molecule has 1 unspecified atom stereocenters. The number of allylic oxidation sites excluding steroid dienone is 4. The molecule has 14 aromatic rings. The quantitative estimate of drug-likeness (QED) is 0.152. The number of fused-ring (bicyclic) bond motifs is 10. The Morgan fingerprint density at radius 1 is 0.387 bits per heavy atom. The Labute approximate surface area is 431 Å². The summed E-state index contributed by atoms with van der Waals surface area (Å²) < 4.78 is 15.8. The van der Waals surface area contributed by atoms with Crippen LogP contribution in [0.25, 0.3) is 133 Å². The number of rotatable bonds is 8. The van der Waals surface area contributed by atoms with Crippen LogP contribution in [0.1, 0.15) is 23.7 Å². The third kappa shape index (κ3) is 7.21. The van der Waals surface area contributed by atoms with Gasteiger partial charge in [0.05, 0.1) is 22.1 Å². The van der Waals surface area contributed by atoms with Crippen LogP contribution in [-0.2, 0) is 0 Å². The summed E-state index contributed by atoms with van der Waals surface area (Å²) in [5, 5.41) is 6.43. The Morgan fingerprint density at radius 2 is 0.947 bits per heavy atom. The van der Waals surface area contributed by atoms with E-state index in [-0.39, 0.29) is 5.92 Å². The van der Waals surface area contributed by atoms with Crippen molar-refractivity contribution in [2.24, 2.45) is 0 Å². The average Bonchev–Trinajstić information content (AvgIpc) is 4.26. The molecule has 0 saturated carbocycles. The van der Waals surface area contributed by atoms with Crippen LogP contribution in [0.4, 0.5) is 0 Å². The van der Waals surface area contributed by atoms with Crippen LogP contribution in [-0.4, -0.2) is 19.5 Å². The van der Waals surface area contributed by atoms with Crippen LogP contribution >= 0.6 is 0 Å². The lowest BCUT2D eigenvalue weighted by Crippen LogP contribution is -2.06. The van der Waals surface area contributed by atoms with Gasteiger partial charge in [0.2, 0.25) is 0 Å². The molecule has 15 rings (SSSR count). The lowest BCUT2D eigenvalue weighted by molar-refractivity contribution is 0.658. The minimum Gasteiger partial charge on any atom is -0.456 e. The van der Waals surface area contributed by atoms with E-state index in [1.54, 1.807) is 0 Å². The summed E-state index contributed by atoms with van der Waals surface area (Å²) in [5.74, 6) is 2.11. The summed E-state index contributed by atoms with van der Waals surface area (Å²) in [6.45, 7) is 0. The van der Waals surface area contributed by atoms with Crippen LogP contribution in [0, 0.1) is 0 Å². The second-order valence-corrected chi connectivity index (χ2v) is 19.4. The van der Waals surface area contributed by atoms with E-state index in [0.717, 1.165) is 128 Å². The molecule has 0 N–H and O–H groups in total. The summed E-state index contributed by atoms with van der Waals surface area (Å²) >= 11 is 0. The van der Waals surface area contributed by atoms with Gasteiger partial charge in [-0.2, -0.15) is 0 Å². The highest BCUT2D eigenvalue weighted by Crippen LogP contribution is 2.47. The SMILES string of the molecule is C1=CC(c2ccccc2)CC=C1c1nc(-c2ccc(-c3ccccc3)cc2)nc(-c2cc(-c3ccccc3)c(-n3c4ccccc4c4c5oc6cc7oc8ccccc8c7cc6c5ccc43)c(-c3ccccc3)c2)n1. The van der Waals surface area contributed by atoms with Crippen LogP contribution < -0.4 is 0 Å². The first-order valence-electron chi connectivity index (χ1n) is 25.5. The van der Waals surface area contributed by atoms with E-state index < -0.39 is 0 Å². The van der Waals surface area contributed by atoms with Crippen molar-refractivity contribution < 1.29 is 8.83 Å². The number of furan rings is 2. The molecular formula is C69H44N4O2. The summed E-state index contributed by atoms with van der Waals surface area (Å²) in [5.41, 5.74) is 17.0. The van der Waals surface area contributed by atoms with Gasteiger partial charge in [-0.05, 0) is 76.7 Å². The van der Waals surface area contributed by atoms with Crippen molar-refractivity contribution in [3.63, 3.8) is 0 Å². The van der Waals surface area contributed by atoms with Gasteiger partial charge in [0.25, 0.3) is 0 Å². The minimum atomic E-state index is 0.271. The first kappa shape index (κ1) is 42.7. The molecule has 0 bridgehead atoms. The number of nitrogens with zero attached hydrogens (tertiary/aromatic N) is 4. The molecule has 0 amide bonds. The lowest BCUT2D eigenvalue weighted by atomic mass is 9.90. The molecule has 1 aliphatic carbocycles. The summed E-state index contributed by atoms with van der Waals surface area (Å²) in [6.07, 6.45) is 7.57. The first-order chi connectivity index (χ1) is 37.2. The van der Waals surface area contributed by atoms with E-state index >= 15 is 0 Å². The molecule has 0 spiro atoms. The van der Waals surface area contributed by atoms with Crippen LogP contribution in [0.2, 0.25) is 0 Å². The Kier molecular flexibility index (Phi) is 9.91. The fraction of sp³-hybridized carbons (Fsp3) is 0.0290. The summed E-state index contributed by atoms with van der Waals surface area (Å²) in [4.78, 5) is 16.0. The van der Waals surface area contributed by atoms with E-state index in [4.69, 9.17) is 23.8 Å². The maximum absolute atomic E-state index is 6.99. The molecule has 0 radical (unpaired) electrons. The van der Waals surface area contributed by atoms with Gasteiger partial charge in [-0.3, -0.25) is 0 Å². The largest absolute Gasteiger partial charge is 0.456 e. The van der Waals surface area contributed by atoms with Gasteiger partial charge in [0.15, 0.2) is 17.5 Å². The Hall–Kier alpha value is -9.91. The first-order valence-corrected chi connectivity index (χ1v) is 25.5. The molecule has 10 aromatic carbocycles. The topological polar surface area (TPSA) is 69.9 Å². The van der Waals surface area contributed by atoms with Crippen molar-refractivity contribution >= 4 is 71.3 Å². The highest BCUT2D eigenvalue weighted by Gasteiger charge is 2.26. The molecule has 1 aliphatic rings. The number of hydrogen-bond acceptors (Lipinski definition) is 5. The molecule has 75 heavy (non-hydrogen) atoms. The van der Waals surface area contributed by atoms with Crippen molar-refractivity contribution in [2.45, 2.75) is 12.3 Å². The van der Waals surface area contributed by atoms with Crippen molar-refractivity contribution in [2.75, 3.05) is 0 Å². The van der Waals surface area contributed by atoms with Crippen LogP contribution in [0.5, 0.6) is 0 Å². The number of aromatic nitrogens is 4. The monoisotopic (exact) mass is 960 g/mol. The van der Waals surface area contributed by atoms with Gasteiger partial charge in [-0.15, -0.1) is 0 Å². The second-order valence-electron chi connectivity index (χ2n) is 19.4. The number of benzene rings is 10. The van der Waals surface area contributed by atoms with E-state index in [9.17, 15) is 0 Å². The molecular weight excluding hydrogens is 917 g/mol. The third-order valence-corrected chi connectivity index (χ3v) is 15.0. The maximum atomic E-state index is 6.99. The van der Waals surface area contributed by atoms with E-state index in [0.29, 0.717) is 17.5 Å². The molecule has 352 valence electrons. The lowest BCUT2D eigenvalue weighted by Gasteiger charge is -2.21. The molecule has 0 saturated heterocycles. The van der Waals surface area contributed by atoms with Gasteiger partial charge in [0, 0.05) is 66.7 Å².